The molecule has 2 N–H and O–H groups in total. The van der Waals surface area contributed by atoms with Crippen molar-refractivity contribution in [2.75, 3.05) is 11.1 Å². The minimum atomic E-state index is -1.74. The Morgan fingerprint density at radius 2 is 2.05 bits per heavy atom. The van der Waals surface area contributed by atoms with Crippen LogP contribution in [0.25, 0.3) is 0 Å². The molecule has 21 heavy (non-hydrogen) atoms. The van der Waals surface area contributed by atoms with Crippen molar-refractivity contribution < 1.29 is 23.3 Å². The number of hydrogen-bond donors (Lipinski definition) is 2. The molecule has 1 atom stereocenters. The van der Waals surface area contributed by atoms with Crippen LogP contribution in [0, 0.1) is 0 Å². The number of nitrogens with one attached hydrogen (secondary N) is 1. The van der Waals surface area contributed by atoms with Crippen molar-refractivity contribution in [3.05, 3.63) is 46.6 Å². The molecule has 1 unspecified atom stereocenters. The predicted octanol–water partition coefficient (Wildman–Crippen LogP) is 2.49. The van der Waals surface area contributed by atoms with E-state index in [1.54, 1.807) is 18.2 Å². The molecule has 0 fully saturated rings. The number of hydrogen-bond acceptors (Lipinski definition) is 4. The summed E-state index contributed by atoms with van der Waals surface area (Å²) < 4.78 is 17.6. The third-order valence-electron chi connectivity index (χ3n) is 2.39. The molecule has 2 aromatic rings. The highest BCUT2D eigenvalue weighted by Gasteiger charge is 2.16. The fourth-order valence-corrected chi connectivity index (χ4v) is 2.77. The van der Waals surface area contributed by atoms with Gasteiger partial charge in [-0.1, -0.05) is 22.0 Å². The Kier molecular flexibility index (Phi) is 4.92. The molecular formula is C13H10BrNO5S. The topological polar surface area (TPSA) is 96.6 Å². The Morgan fingerprint density at radius 1 is 1.29 bits per heavy atom. The van der Waals surface area contributed by atoms with Crippen molar-refractivity contribution in [2.24, 2.45) is 0 Å². The molecule has 8 heteroatoms. The van der Waals surface area contributed by atoms with E-state index in [9.17, 15) is 13.8 Å². The van der Waals surface area contributed by atoms with Gasteiger partial charge in [0.1, 0.15) is 5.75 Å². The Morgan fingerprint density at radius 3 is 2.67 bits per heavy atom. The first-order chi connectivity index (χ1) is 9.95. The third kappa shape index (κ3) is 4.27. The van der Waals surface area contributed by atoms with Crippen molar-refractivity contribution in [1.82, 2.24) is 0 Å². The predicted molar refractivity (Wildman–Crippen MR) is 79.7 cm³/mol. The summed E-state index contributed by atoms with van der Waals surface area (Å²) in [6, 6.07) is 9.44. The van der Waals surface area contributed by atoms with Gasteiger partial charge in [0, 0.05) is 10.2 Å². The second-order valence-corrected chi connectivity index (χ2v) is 6.27. The summed E-state index contributed by atoms with van der Waals surface area (Å²) in [5.74, 6) is -2.35. The monoisotopic (exact) mass is 371 g/mol. The molecule has 1 heterocycles. The fourth-order valence-electron chi connectivity index (χ4n) is 1.51. The van der Waals surface area contributed by atoms with Crippen LogP contribution in [0.3, 0.4) is 0 Å². The van der Waals surface area contributed by atoms with Crippen LogP contribution in [-0.2, 0) is 15.6 Å². The first-order valence-electron chi connectivity index (χ1n) is 5.72. The Hall–Kier alpha value is -1.93. The minimum Gasteiger partial charge on any atom is -0.475 e. The highest BCUT2D eigenvalue weighted by molar-refractivity contribution is 9.10. The van der Waals surface area contributed by atoms with Crippen LogP contribution >= 0.6 is 15.9 Å². The lowest BCUT2D eigenvalue weighted by Crippen LogP contribution is -2.19. The number of halogens is 1. The molecule has 1 amide bonds. The van der Waals surface area contributed by atoms with Gasteiger partial charge < -0.3 is 14.8 Å². The SMILES string of the molecule is O=C(CS(=O)c1ccc(C(=O)O)o1)Nc1cccc(Br)c1. The van der Waals surface area contributed by atoms with Gasteiger partial charge in [0.2, 0.25) is 11.7 Å². The normalized spacial score (nSPS) is 11.9. The van der Waals surface area contributed by atoms with Crippen LogP contribution in [0.15, 0.2) is 50.4 Å². The Labute approximate surface area is 130 Å². The summed E-state index contributed by atoms with van der Waals surface area (Å²) in [5, 5.41) is 11.3. The number of anilines is 1. The average Bonchev–Trinajstić information content (AvgIpc) is 2.88. The van der Waals surface area contributed by atoms with E-state index in [-0.39, 0.29) is 16.6 Å². The molecule has 0 saturated heterocycles. The second kappa shape index (κ2) is 6.68. The van der Waals surface area contributed by atoms with Crippen LogP contribution < -0.4 is 5.32 Å². The number of carboxylic acids is 1. The summed E-state index contributed by atoms with van der Waals surface area (Å²) in [4.78, 5) is 22.4. The number of furan rings is 1. The summed E-state index contributed by atoms with van der Waals surface area (Å²) >= 11 is 3.27. The van der Waals surface area contributed by atoms with Crippen LogP contribution in [0.5, 0.6) is 0 Å². The van der Waals surface area contributed by atoms with Crippen molar-refractivity contribution in [2.45, 2.75) is 5.09 Å². The average molecular weight is 372 g/mol. The molecule has 0 aliphatic heterocycles. The lowest BCUT2D eigenvalue weighted by atomic mass is 10.3. The van der Waals surface area contributed by atoms with E-state index in [1.807, 2.05) is 6.07 Å². The van der Waals surface area contributed by atoms with E-state index in [2.05, 4.69) is 21.2 Å². The van der Waals surface area contributed by atoms with Gasteiger partial charge in [0.15, 0.2) is 5.09 Å². The smallest absolute Gasteiger partial charge is 0.371 e. The molecule has 2 rings (SSSR count). The maximum absolute atomic E-state index is 11.9. The van der Waals surface area contributed by atoms with Crippen LogP contribution in [0.1, 0.15) is 10.6 Å². The maximum Gasteiger partial charge on any atom is 0.371 e. The number of carbonyl (C=O) groups is 2. The molecule has 0 spiro atoms. The van der Waals surface area contributed by atoms with Gasteiger partial charge in [0.05, 0.1) is 10.8 Å². The highest BCUT2D eigenvalue weighted by atomic mass is 79.9. The molecule has 0 aliphatic carbocycles. The van der Waals surface area contributed by atoms with E-state index in [4.69, 9.17) is 9.52 Å². The molecule has 0 radical (unpaired) electrons. The van der Waals surface area contributed by atoms with E-state index in [0.29, 0.717) is 5.69 Å². The van der Waals surface area contributed by atoms with Gasteiger partial charge in [0.25, 0.3) is 0 Å². The van der Waals surface area contributed by atoms with E-state index < -0.39 is 22.7 Å². The zero-order chi connectivity index (χ0) is 15.4. The molecule has 0 aliphatic rings. The quantitative estimate of drug-likeness (QED) is 0.841. The number of carboxylic acid groups (broad SMARTS) is 1. The molecule has 6 nitrogen and oxygen atoms in total. The standard InChI is InChI=1S/C13H10BrNO5S/c14-8-2-1-3-9(6-8)15-11(16)7-21(19)12-5-4-10(20-12)13(17)18/h1-6H,7H2,(H,15,16)(H,17,18). The van der Waals surface area contributed by atoms with E-state index in [0.717, 1.165) is 4.47 Å². The van der Waals surface area contributed by atoms with Gasteiger partial charge >= 0.3 is 5.97 Å². The van der Waals surface area contributed by atoms with E-state index in [1.165, 1.54) is 12.1 Å². The maximum atomic E-state index is 11.9. The number of benzene rings is 1. The van der Waals surface area contributed by atoms with Gasteiger partial charge in [-0.3, -0.25) is 9.00 Å². The van der Waals surface area contributed by atoms with Crippen molar-refractivity contribution >= 4 is 44.3 Å². The molecule has 1 aromatic carbocycles. The van der Waals surface area contributed by atoms with Crippen LogP contribution in [0.2, 0.25) is 0 Å². The van der Waals surface area contributed by atoms with E-state index >= 15 is 0 Å². The van der Waals surface area contributed by atoms with Crippen molar-refractivity contribution in [3.8, 4) is 0 Å². The number of rotatable bonds is 5. The number of carbonyl (C=O) groups excluding carboxylic acids is 1. The van der Waals surface area contributed by atoms with Crippen molar-refractivity contribution in [3.63, 3.8) is 0 Å². The minimum absolute atomic E-state index is 0.0446. The molecule has 0 bridgehead atoms. The van der Waals surface area contributed by atoms with Gasteiger partial charge in [-0.05, 0) is 30.3 Å². The zero-order valence-corrected chi connectivity index (χ0v) is 12.9. The summed E-state index contributed by atoms with van der Waals surface area (Å²) in [7, 11) is -1.74. The molecule has 1 aromatic heterocycles. The molecular weight excluding hydrogens is 362 g/mol. The summed E-state index contributed by atoms with van der Waals surface area (Å²) in [6.45, 7) is 0. The first kappa shape index (κ1) is 15.5. The summed E-state index contributed by atoms with van der Waals surface area (Å²) in [6.07, 6.45) is 0. The van der Waals surface area contributed by atoms with Gasteiger partial charge in [-0.2, -0.15) is 0 Å². The van der Waals surface area contributed by atoms with Crippen molar-refractivity contribution in [1.29, 1.82) is 0 Å². The first-order valence-corrected chi connectivity index (χ1v) is 7.84. The highest BCUT2D eigenvalue weighted by Crippen LogP contribution is 2.16. The second-order valence-electron chi connectivity index (χ2n) is 3.97. The van der Waals surface area contributed by atoms with Crippen LogP contribution in [-0.4, -0.2) is 26.9 Å². The zero-order valence-electron chi connectivity index (χ0n) is 10.5. The Balaban J connectivity index is 1.98. The molecule has 110 valence electrons. The third-order valence-corrected chi connectivity index (χ3v) is 4.07. The summed E-state index contributed by atoms with van der Waals surface area (Å²) in [5.41, 5.74) is 0.567. The number of amides is 1. The Bertz CT molecular complexity index is 712. The lowest BCUT2D eigenvalue weighted by Gasteiger charge is -2.04. The largest absolute Gasteiger partial charge is 0.475 e. The lowest BCUT2D eigenvalue weighted by molar-refractivity contribution is -0.113. The van der Waals surface area contributed by atoms with Gasteiger partial charge in [-0.25, -0.2) is 4.79 Å². The fraction of sp³-hybridized carbons (Fsp3) is 0.0769. The van der Waals surface area contributed by atoms with Crippen LogP contribution in [0.4, 0.5) is 5.69 Å². The molecule has 0 saturated carbocycles. The number of aromatic carboxylic acids is 1. The van der Waals surface area contributed by atoms with Gasteiger partial charge in [-0.15, -0.1) is 0 Å².